The van der Waals surface area contributed by atoms with Crippen LogP contribution in [0.4, 0.5) is 13.2 Å². The first-order valence-electron chi connectivity index (χ1n) is 9.42. The smallest absolute Gasteiger partial charge is 0.422 e. The highest BCUT2D eigenvalue weighted by atomic mass is 19.4. The number of phenolic OH excluding ortho intramolecular Hbond substituents is 1. The first kappa shape index (κ1) is 18.0. The van der Waals surface area contributed by atoms with Crippen LogP contribution in [-0.2, 0) is 6.42 Å². The fraction of sp³-hybridized carbons (Fsp3) is 0.700. The molecule has 144 valence electrons. The average Bonchev–Trinajstić information content (AvgIpc) is 2.87. The van der Waals surface area contributed by atoms with Gasteiger partial charge in [0.2, 0.25) is 0 Å². The van der Waals surface area contributed by atoms with Crippen LogP contribution in [0, 0.1) is 17.3 Å². The number of alkyl halides is 3. The number of hydrogen-bond donors (Lipinski definition) is 2. The molecule has 6 heteroatoms. The molecule has 0 radical (unpaired) electrons. The zero-order valence-electron chi connectivity index (χ0n) is 14.9. The molecule has 1 aromatic carbocycles. The number of aliphatic hydroxyl groups is 1. The van der Waals surface area contributed by atoms with Crippen molar-refractivity contribution in [2.24, 2.45) is 17.3 Å². The molecule has 4 rings (SSSR count). The van der Waals surface area contributed by atoms with Gasteiger partial charge in [0.15, 0.2) is 18.1 Å². The third kappa shape index (κ3) is 2.86. The maximum atomic E-state index is 12.5. The number of phenols is 1. The van der Waals surface area contributed by atoms with Crippen LogP contribution >= 0.6 is 0 Å². The zero-order chi connectivity index (χ0) is 18.7. The number of benzene rings is 1. The van der Waals surface area contributed by atoms with E-state index in [0.717, 1.165) is 49.7 Å². The maximum absolute atomic E-state index is 12.5. The van der Waals surface area contributed by atoms with Crippen molar-refractivity contribution in [1.29, 1.82) is 0 Å². The summed E-state index contributed by atoms with van der Waals surface area (Å²) >= 11 is 0. The molecule has 2 fully saturated rings. The molecule has 5 atom stereocenters. The van der Waals surface area contributed by atoms with Gasteiger partial charge in [-0.1, -0.05) is 6.92 Å². The largest absolute Gasteiger partial charge is 0.504 e. The highest BCUT2D eigenvalue weighted by molar-refractivity contribution is 5.49. The summed E-state index contributed by atoms with van der Waals surface area (Å²) in [5, 5.41) is 20.5. The second-order valence-corrected chi connectivity index (χ2v) is 8.48. The standard InChI is InChI=1S/C20H25F3O3/c1-19-7-6-12-13(15(19)4-5-18(19)25)3-2-11-8-16(24)17(9-14(11)12)26-10-20(21,22)23/h8-9,12-13,15,18,24-25H,2-7,10H2,1H3/t12?,13?,15?,18-,19-/m0/s1. The van der Waals surface area contributed by atoms with Crippen molar-refractivity contribution in [1.82, 2.24) is 0 Å². The van der Waals surface area contributed by atoms with Gasteiger partial charge in [-0.15, -0.1) is 0 Å². The number of rotatable bonds is 2. The van der Waals surface area contributed by atoms with Gasteiger partial charge in [-0.25, -0.2) is 0 Å². The fourth-order valence-corrected chi connectivity index (χ4v) is 5.84. The number of hydrogen-bond acceptors (Lipinski definition) is 3. The Bertz CT molecular complexity index is 702. The number of halogens is 3. The van der Waals surface area contributed by atoms with Crippen LogP contribution in [0.15, 0.2) is 12.1 Å². The molecule has 0 saturated heterocycles. The molecule has 1 aromatic rings. The minimum Gasteiger partial charge on any atom is -0.504 e. The Hall–Kier alpha value is -1.43. The van der Waals surface area contributed by atoms with Gasteiger partial charge in [-0.3, -0.25) is 0 Å². The van der Waals surface area contributed by atoms with E-state index in [1.807, 2.05) is 0 Å². The van der Waals surface area contributed by atoms with Gasteiger partial charge < -0.3 is 14.9 Å². The van der Waals surface area contributed by atoms with Crippen LogP contribution in [0.25, 0.3) is 0 Å². The van der Waals surface area contributed by atoms with Crippen molar-refractivity contribution < 1.29 is 28.1 Å². The van der Waals surface area contributed by atoms with E-state index >= 15 is 0 Å². The molecule has 26 heavy (non-hydrogen) atoms. The third-order valence-corrected chi connectivity index (χ3v) is 7.15. The van der Waals surface area contributed by atoms with Crippen molar-refractivity contribution in [2.75, 3.05) is 6.61 Å². The van der Waals surface area contributed by atoms with Crippen molar-refractivity contribution in [3.8, 4) is 11.5 Å². The number of aryl methyl sites for hydroxylation is 1. The lowest BCUT2D eigenvalue weighted by Crippen LogP contribution is -2.43. The van der Waals surface area contributed by atoms with Gasteiger partial charge in [-0.05, 0) is 85.0 Å². The first-order valence-corrected chi connectivity index (χ1v) is 9.42. The van der Waals surface area contributed by atoms with Crippen LogP contribution in [0.1, 0.15) is 56.1 Å². The molecule has 0 aromatic heterocycles. The van der Waals surface area contributed by atoms with Gasteiger partial charge in [0.25, 0.3) is 0 Å². The van der Waals surface area contributed by atoms with Gasteiger partial charge in [0.1, 0.15) is 0 Å². The van der Waals surface area contributed by atoms with E-state index in [1.54, 1.807) is 12.1 Å². The fourth-order valence-electron chi connectivity index (χ4n) is 5.84. The minimum absolute atomic E-state index is 0.0365. The highest BCUT2D eigenvalue weighted by Gasteiger charge is 2.54. The number of aliphatic hydroxyl groups excluding tert-OH is 1. The van der Waals surface area contributed by atoms with Gasteiger partial charge in [0.05, 0.1) is 6.10 Å². The minimum atomic E-state index is -4.43. The molecule has 2 saturated carbocycles. The summed E-state index contributed by atoms with van der Waals surface area (Å²) in [4.78, 5) is 0. The quantitative estimate of drug-likeness (QED) is 0.803. The molecule has 0 heterocycles. The number of aromatic hydroxyl groups is 1. The Kier molecular flexibility index (Phi) is 4.17. The predicted octanol–water partition coefficient (Wildman–Crippen LogP) is 4.55. The lowest BCUT2D eigenvalue weighted by molar-refractivity contribution is -0.153. The van der Waals surface area contributed by atoms with E-state index in [0.29, 0.717) is 11.8 Å². The lowest BCUT2D eigenvalue weighted by Gasteiger charge is -2.50. The Morgan fingerprint density at radius 3 is 2.69 bits per heavy atom. The number of fused-ring (bicyclic) bond motifs is 5. The Morgan fingerprint density at radius 1 is 1.19 bits per heavy atom. The average molecular weight is 370 g/mol. The summed E-state index contributed by atoms with van der Waals surface area (Å²) in [6, 6.07) is 3.20. The SMILES string of the molecule is C[C@]12CCC3c4cc(OCC(F)(F)F)c(O)cc4CCC3C1CC[C@@H]2O. The van der Waals surface area contributed by atoms with Crippen molar-refractivity contribution in [3.63, 3.8) is 0 Å². The van der Waals surface area contributed by atoms with Crippen LogP contribution in [0.3, 0.4) is 0 Å². The molecular formula is C20H25F3O3. The van der Waals surface area contributed by atoms with E-state index in [4.69, 9.17) is 4.74 Å². The molecule has 3 aliphatic rings. The van der Waals surface area contributed by atoms with Crippen LogP contribution in [0.5, 0.6) is 11.5 Å². The highest BCUT2D eigenvalue weighted by Crippen LogP contribution is 2.61. The molecule has 0 amide bonds. The molecule has 3 unspecified atom stereocenters. The second-order valence-electron chi connectivity index (χ2n) is 8.48. The van der Waals surface area contributed by atoms with Crippen molar-refractivity contribution >= 4 is 0 Å². The van der Waals surface area contributed by atoms with E-state index in [9.17, 15) is 23.4 Å². The summed E-state index contributed by atoms with van der Waals surface area (Å²) in [5.74, 6) is 0.872. The molecule has 3 nitrogen and oxygen atoms in total. The van der Waals surface area contributed by atoms with Gasteiger partial charge >= 0.3 is 6.18 Å². The second kappa shape index (κ2) is 6.04. The summed E-state index contributed by atoms with van der Waals surface area (Å²) in [5.41, 5.74) is 2.01. The van der Waals surface area contributed by atoms with Crippen molar-refractivity contribution in [3.05, 3.63) is 23.3 Å². The van der Waals surface area contributed by atoms with Crippen molar-refractivity contribution in [2.45, 2.75) is 63.6 Å². The van der Waals surface area contributed by atoms with Gasteiger partial charge in [0, 0.05) is 0 Å². The molecule has 0 bridgehead atoms. The normalized spacial score (nSPS) is 36.2. The maximum Gasteiger partial charge on any atom is 0.422 e. The monoisotopic (exact) mass is 370 g/mol. The Morgan fingerprint density at radius 2 is 1.96 bits per heavy atom. The van der Waals surface area contributed by atoms with Gasteiger partial charge in [-0.2, -0.15) is 13.2 Å². The Labute approximate surface area is 151 Å². The molecule has 0 aliphatic heterocycles. The topological polar surface area (TPSA) is 49.7 Å². The van der Waals surface area contributed by atoms with Crippen LogP contribution in [-0.4, -0.2) is 29.1 Å². The Balaban J connectivity index is 1.63. The summed E-state index contributed by atoms with van der Waals surface area (Å²) in [7, 11) is 0. The van der Waals surface area contributed by atoms with Crippen LogP contribution < -0.4 is 4.74 Å². The summed E-state index contributed by atoms with van der Waals surface area (Å²) in [6.45, 7) is 0.788. The molecule has 3 aliphatic carbocycles. The van der Waals surface area contributed by atoms with Crippen LogP contribution in [0.2, 0.25) is 0 Å². The van der Waals surface area contributed by atoms with E-state index < -0.39 is 12.8 Å². The summed E-state index contributed by atoms with van der Waals surface area (Å²) in [6.07, 6.45) is 0.845. The molecule has 2 N–H and O–H groups in total. The lowest BCUT2D eigenvalue weighted by atomic mass is 9.55. The van der Waals surface area contributed by atoms with E-state index in [2.05, 4.69) is 6.92 Å². The number of ether oxygens (including phenoxy) is 1. The predicted molar refractivity (Wildman–Crippen MR) is 90.3 cm³/mol. The van der Waals surface area contributed by atoms with E-state index in [-0.39, 0.29) is 28.9 Å². The first-order chi connectivity index (χ1) is 12.2. The molecule has 0 spiro atoms. The third-order valence-electron chi connectivity index (χ3n) is 7.15. The van der Waals surface area contributed by atoms with E-state index in [1.165, 1.54) is 0 Å². The zero-order valence-corrected chi connectivity index (χ0v) is 14.9. The molecular weight excluding hydrogens is 345 g/mol. The summed E-state index contributed by atoms with van der Waals surface area (Å²) < 4.78 is 42.3.